The second-order valence-corrected chi connectivity index (χ2v) is 7.66. The van der Waals surface area contributed by atoms with Crippen LogP contribution in [0.2, 0.25) is 0 Å². The number of anilines is 5. The van der Waals surface area contributed by atoms with Crippen LogP contribution in [0.5, 0.6) is 5.75 Å². The first-order chi connectivity index (χ1) is 16.9. The van der Waals surface area contributed by atoms with Gasteiger partial charge in [-0.05, 0) is 44.2 Å². The van der Waals surface area contributed by atoms with Crippen LogP contribution in [0.3, 0.4) is 0 Å². The number of aromatic hydroxyl groups is 1. The maximum Gasteiger partial charge on any atom is 0.270 e. The number of phenolic OH excluding ortho intramolecular Hbond substituents is 1. The topological polar surface area (TPSA) is 150 Å². The molecule has 11 heteroatoms. The molecular weight excluding hydrogens is 448 g/mol. The molecular formula is C24H22N8O3. The van der Waals surface area contributed by atoms with E-state index in [1.54, 1.807) is 0 Å². The predicted molar refractivity (Wildman–Crippen MR) is 135 cm³/mol. The van der Waals surface area contributed by atoms with Crippen LogP contribution >= 0.6 is 0 Å². The van der Waals surface area contributed by atoms with Gasteiger partial charge in [-0.25, -0.2) is 5.43 Å². The summed E-state index contributed by atoms with van der Waals surface area (Å²) in [5, 5.41) is 31.3. The number of rotatable bonds is 8. The van der Waals surface area contributed by atoms with E-state index >= 15 is 0 Å². The van der Waals surface area contributed by atoms with Crippen LogP contribution < -0.4 is 16.1 Å². The van der Waals surface area contributed by atoms with Crippen LogP contribution in [-0.4, -0.2) is 31.2 Å². The van der Waals surface area contributed by atoms with Gasteiger partial charge in [-0.1, -0.05) is 35.4 Å². The number of hydrogen-bond acceptors (Lipinski definition) is 10. The molecule has 35 heavy (non-hydrogen) atoms. The molecule has 0 saturated carbocycles. The van der Waals surface area contributed by atoms with Gasteiger partial charge in [-0.15, -0.1) is 0 Å². The van der Waals surface area contributed by atoms with Gasteiger partial charge < -0.3 is 15.7 Å². The Balaban J connectivity index is 1.60. The summed E-state index contributed by atoms with van der Waals surface area (Å²) in [7, 11) is 0. The number of non-ortho nitro benzene ring substituents is 1. The largest absolute Gasteiger partial charge is 0.507 e. The molecule has 0 unspecified atom stereocenters. The Kier molecular flexibility index (Phi) is 6.77. The predicted octanol–water partition coefficient (Wildman–Crippen LogP) is 5.04. The van der Waals surface area contributed by atoms with Crippen molar-refractivity contribution in [1.82, 2.24) is 15.0 Å². The number of benzene rings is 3. The van der Waals surface area contributed by atoms with Gasteiger partial charge in [0.25, 0.3) is 5.69 Å². The Morgan fingerprint density at radius 3 is 1.86 bits per heavy atom. The van der Waals surface area contributed by atoms with Gasteiger partial charge in [-0.2, -0.15) is 20.1 Å². The van der Waals surface area contributed by atoms with Gasteiger partial charge in [0.1, 0.15) is 5.75 Å². The quantitative estimate of drug-likeness (QED) is 0.158. The molecule has 4 rings (SSSR count). The molecule has 1 aromatic heterocycles. The molecule has 0 bridgehead atoms. The molecule has 11 nitrogen and oxygen atoms in total. The summed E-state index contributed by atoms with van der Waals surface area (Å²) < 4.78 is 0. The zero-order valence-electron chi connectivity index (χ0n) is 18.9. The lowest BCUT2D eigenvalue weighted by Gasteiger charge is -2.10. The van der Waals surface area contributed by atoms with Crippen molar-refractivity contribution >= 4 is 41.1 Å². The maximum absolute atomic E-state index is 11.0. The van der Waals surface area contributed by atoms with Crippen molar-refractivity contribution < 1.29 is 10.0 Å². The number of aryl methyl sites for hydroxylation is 2. The van der Waals surface area contributed by atoms with Gasteiger partial charge in [0.15, 0.2) is 0 Å². The summed E-state index contributed by atoms with van der Waals surface area (Å²) in [6, 6.07) is 19.1. The Morgan fingerprint density at radius 1 is 0.829 bits per heavy atom. The van der Waals surface area contributed by atoms with Crippen LogP contribution in [0.15, 0.2) is 71.8 Å². The summed E-state index contributed by atoms with van der Waals surface area (Å²) in [6.45, 7) is 3.99. The molecule has 0 amide bonds. The Morgan fingerprint density at radius 2 is 1.34 bits per heavy atom. The zero-order valence-corrected chi connectivity index (χ0v) is 18.9. The molecule has 1 heterocycles. The first-order valence-electron chi connectivity index (χ1n) is 10.6. The first-order valence-corrected chi connectivity index (χ1v) is 10.6. The van der Waals surface area contributed by atoms with Crippen molar-refractivity contribution in [3.8, 4) is 5.75 Å². The number of nitro groups is 1. The molecule has 0 aliphatic carbocycles. The average molecular weight is 470 g/mol. The third kappa shape index (κ3) is 6.26. The second kappa shape index (κ2) is 10.3. The lowest BCUT2D eigenvalue weighted by molar-refractivity contribution is -0.384. The minimum Gasteiger partial charge on any atom is -0.507 e. The standard InChI is InChI=1S/C24H22N8O3/c1-15-3-7-18(8-4-15)26-22-28-23(27-19-9-5-16(2)6-10-19)30-24(29-22)31-25-14-17-13-20(32(34)35)11-12-21(17)33/h3-14,33H,1-2H3,(H3,26,27,28,29,30,31)/b25-14-. The number of aromatic nitrogens is 3. The van der Waals surface area contributed by atoms with Crippen molar-refractivity contribution in [1.29, 1.82) is 0 Å². The van der Waals surface area contributed by atoms with Gasteiger partial charge in [-0.3, -0.25) is 10.1 Å². The number of hydrogen-bond donors (Lipinski definition) is 4. The minimum absolute atomic E-state index is 0.116. The number of nitrogens with zero attached hydrogens (tertiary/aromatic N) is 5. The maximum atomic E-state index is 11.0. The molecule has 0 radical (unpaired) electrons. The average Bonchev–Trinajstić information content (AvgIpc) is 2.83. The van der Waals surface area contributed by atoms with Gasteiger partial charge in [0, 0.05) is 29.1 Å². The molecule has 0 saturated heterocycles. The number of nitrogens with one attached hydrogen (secondary N) is 3. The van der Waals surface area contributed by atoms with E-state index in [0.29, 0.717) is 0 Å². The fourth-order valence-corrected chi connectivity index (χ4v) is 2.99. The molecule has 0 aliphatic rings. The molecule has 4 aromatic rings. The fourth-order valence-electron chi connectivity index (χ4n) is 2.99. The van der Waals surface area contributed by atoms with E-state index in [2.05, 4.69) is 36.1 Å². The summed E-state index contributed by atoms with van der Waals surface area (Å²) in [4.78, 5) is 23.5. The van der Waals surface area contributed by atoms with Crippen LogP contribution in [0.25, 0.3) is 0 Å². The lowest BCUT2D eigenvalue weighted by atomic mass is 10.2. The summed E-state index contributed by atoms with van der Waals surface area (Å²) in [5.41, 5.74) is 6.50. The monoisotopic (exact) mass is 470 g/mol. The highest BCUT2D eigenvalue weighted by Crippen LogP contribution is 2.22. The van der Waals surface area contributed by atoms with Crippen molar-refractivity contribution in [2.75, 3.05) is 16.1 Å². The van der Waals surface area contributed by atoms with Crippen molar-refractivity contribution in [2.24, 2.45) is 5.10 Å². The van der Waals surface area contributed by atoms with E-state index in [1.807, 2.05) is 62.4 Å². The highest BCUT2D eigenvalue weighted by molar-refractivity contribution is 5.84. The highest BCUT2D eigenvalue weighted by atomic mass is 16.6. The zero-order chi connectivity index (χ0) is 24.8. The van der Waals surface area contributed by atoms with E-state index in [1.165, 1.54) is 24.4 Å². The van der Waals surface area contributed by atoms with E-state index in [4.69, 9.17) is 0 Å². The summed E-state index contributed by atoms with van der Waals surface area (Å²) in [5.74, 6) is 0.509. The molecule has 0 atom stereocenters. The SMILES string of the molecule is Cc1ccc(Nc2nc(N/N=C\c3cc([N+](=O)[O-])ccc3O)nc(Nc3ccc(C)cc3)n2)cc1. The van der Waals surface area contributed by atoms with Gasteiger partial charge >= 0.3 is 0 Å². The molecule has 4 N–H and O–H groups in total. The van der Waals surface area contributed by atoms with E-state index in [9.17, 15) is 15.2 Å². The molecule has 0 fully saturated rings. The van der Waals surface area contributed by atoms with E-state index in [0.717, 1.165) is 22.5 Å². The second-order valence-electron chi connectivity index (χ2n) is 7.66. The fraction of sp³-hybridized carbons (Fsp3) is 0.0833. The summed E-state index contributed by atoms with van der Waals surface area (Å²) >= 11 is 0. The van der Waals surface area contributed by atoms with Crippen LogP contribution in [-0.2, 0) is 0 Å². The third-order valence-electron chi connectivity index (χ3n) is 4.84. The normalized spacial score (nSPS) is 10.8. The van der Waals surface area contributed by atoms with E-state index in [-0.39, 0.29) is 34.8 Å². The van der Waals surface area contributed by atoms with Crippen LogP contribution in [0.1, 0.15) is 16.7 Å². The number of nitro benzene ring substituents is 1. The number of phenols is 1. The minimum atomic E-state index is -0.553. The van der Waals surface area contributed by atoms with Gasteiger partial charge in [0.2, 0.25) is 17.8 Å². The van der Waals surface area contributed by atoms with Crippen molar-refractivity contribution in [3.05, 3.63) is 93.5 Å². The molecule has 176 valence electrons. The Labute approximate surface area is 200 Å². The van der Waals surface area contributed by atoms with E-state index < -0.39 is 4.92 Å². The smallest absolute Gasteiger partial charge is 0.270 e. The summed E-state index contributed by atoms with van der Waals surface area (Å²) in [6.07, 6.45) is 1.24. The lowest BCUT2D eigenvalue weighted by Crippen LogP contribution is -2.07. The third-order valence-corrected chi connectivity index (χ3v) is 4.84. The van der Waals surface area contributed by atoms with Crippen LogP contribution in [0, 0.1) is 24.0 Å². The molecule has 0 spiro atoms. The van der Waals surface area contributed by atoms with Gasteiger partial charge in [0.05, 0.1) is 11.1 Å². The Bertz CT molecular complexity index is 1310. The van der Waals surface area contributed by atoms with Crippen molar-refractivity contribution in [2.45, 2.75) is 13.8 Å². The highest BCUT2D eigenvalue weighted by Gasteiger charge is 2.10. The first kappa shape index (κ1) is 23.1. The number of hydrazone groups is 1. The Hall–Kier alpha value is -5.06. The molecule has 0 aliphatic heterocycles. The molecule has 3 aromatic carbocycles. The van der Waals surface area contributed by atoms with Crippen molar-refractivity contribution in [3.63, 3.8) is 0 Å². The van der Waals surface area contributed by atoms with Crippen LogP contribution in [0.4, 0.5) is 34.9 Å².